The van der Waals surface area contributed by atoms with E-state index >= 15 is 0 Å². The average molecular weight is 223 g/mol. The van der Waals surface area contributed by atoms with Crippen molar-refractivity contribution in [1.29, 1.82) is 0 Å². The average Bonchev–Trinajstić information content (AvgIpc) is 1.76. The Hall–Kier alpha value is 0.733. The van der Waals surface area contributed by atoms with Gasteiger partial charge in [-0.15, -0.1) is 11.3 Å². The third-order valence-corrected chi connectivity index (χ3v) is 0.869. The summed E-state index contributed by atoms with van der Waals surface area (Å²) < 4.78 is 0. The summed E-state index contributed by atoms with van der Waals surface area (Å²) in [4.78, 5) is 3.74. The van der Waals surface area contributed by atoms with Crippen molar-refractivity contribution in [2.24, 2.45) is 0 Å². The Morgan fingerprint density at radius 1 is 1.38 bits per heavy atom. The van der Waals surface area contributed by atoms with E-state index in [1.54, 1.807) is 23.0 Å². The molecule has 0 saturated heterocycles. The fourth-order valence-electron chi connectivity index (χ4n) is 0.176. The molecule has 0 amide bonds. The molecule has 0 aliphatic rings. The van der Waals surface area contributed by atoms with Gasteiger partial charge < -0.3 is 5.48 Å². The van der Waals surface area contributed by atoms with Gasteiger partial charge in [0, 0.05) is 48.1 Å². The molecule has 1 radical (unpaired) electrons. The summed E-state index contributed by atoms with van der Waals surface area (Å²) in [5.74, 6) is 0. The van der Waals surface area contributed by atoms with E-state index in [4.69, 9.17) is 0 Å². The Morgan fingerprint density at radius 3 is 2.12 bits per heavy atom. The molecule has 5 heteroatoms. The first-order valence-electron chi connectivity index (χ1n) is 1.32. The van der Waals surface area contributed by atoms with Crippen molar-refractivity contribution in [3.63, 3.8) is 0 Å². The van der Waals surface area contributed by atoms with Crippen LogP contribution >= 0.6 is 11.3 Å². The van der Waals surface area contributed by atoms with Gasteiger partial charge in [0.25, 0.3) is 0 Å². The van der Waals surface area contributed by atoms with Gasteiger partial charge in [0.2, 0.25) is 0 Å². The zero-order valence-electron chi connectivity index (χ0n) is 4.17. The molecule has 0 atom stereocenters. The molecular formula is C3H5MnNOSZn. The second kappa shape index (κ2) is 10.7. The second-order valence-electron chi connectivity index (χ2n) is 0.676. The van der Waals surface area contributed by atoms with Gasteiger partial charge >= 0.3 is 0 Å². The molecule has 2 N–H and O–H groups in total. The first-order valence-corrected chi connectivity index (χ1v) is 2.26. The maximum atomic E-state index is 3.74. The standard InChI is InChI=1S/C3H3NS.Mn.H2O.Zn/c1-2-5-3-4-1;;;/h1-3H;;1H2;. The van der Waals surface area contributed by atoms with Gasteiger partial charge in [0.05, 0.1) is 5.51 Å². The maximum Gasteiger partial charge on any atom is 0.0791 e. The number of hydrogen-bond donors (Lipinski definition) is 0. The summed E-state index contributed by atoms with van der Waals surface area (Å²) in [5, 5.41) is 1.93. The molecule has 0 aromatic carbocycles. The van der Waals surface area contributed by atoms with Crippen molar-refractivity contribution in [3.05, 3.63) is 17.1 Å². The molecule has 0 unspecified atom stereocenters. The van der Waals surface area contributed by atoms with Crippen LogP contribution in [0.25, 0.3) is 0 Å². The zero-order chi connectivity index (χ0) is 3.54. The molecule has 0 bridgehead atoms. The van der Waals surface area contributed by atoms with Gasteiger partial charge in [-0.2, -0.15) is 0 Å². The van der Waals surface area contributed by atoms with E-state index in [1.807, 2.05) is 5.38 Å². The maximum absolute atomic E-state index is 3.74. The van der Waals surface area contributed by atoms with Gasteiger partial charge in [-0.25, -0.2) is 0 Å². The van der Waals surface area contributed by atoms with Crippen LogP contribution in [0.15, 0.2) is 17.1 Å². The van der Waals surface area contributed by atoms with Crippen LogP contribution in [0.4, 0.5) is 0 Å². The molecular weight excluding hydrogens is 218 g/mol. The van der Waals surface area contributed by atoms with Crippen molar-refractivity contribution in [1.82, 2.24) is 4.98 Å². The predicted octanol–water partition coefficient (Wildman–Crippen LogP) is 0.313. The monoisotopic (exact) mass is 222 g/mol. The van der Waals surface area contributed by atoms with Crippen LogP contribution in [0.1, 0.15) is 0 Å². The normalized spacial score (nSPS) is 5.00. The molecule has 43 valence electrons. The predicted molar refractivity (Wildman–Crippen MR) is 25.7 cm³/mol. The molecule has 0 spiro atoms. The largest absolute Gasteiger partial charge is 0.412 e. The van der Waals surface area contributed by atoms with E-state index in [-0.39, 0.29) is 42.0 Å². The van der Waals surface area contributed by atoms with Crippen molar-refractivity contribution in [2.45, 2.75) is 0 Å². The molecule has 0 fully saturated rings. The summed E-state index contributed by atoms with van der Waals surface area (Å²) in [6, 6.07) is 0. The molecule has 0 aliphatic heterocycles. The smallest absolute Gasteiger partial charge is 0.0791 e. The van der Waals surface area contributed by atoms with E-state index in [0.717, 1.165) is 0 Å². The van der Waals surface area contributed by atoms with E-state index < -0.39 is 0 Å². The van der Waals surface area contributed by atoms with Crippen LogP contribution in [0.5, 0.6) is 0 Å². The van der Waals surface area contributed by atoms with Crippen LogP contribution < -0.4 is 0 Å². The van der Waals surface area contributed by atoms with Crippen molar-refractivity contribution in [3.8, 4) is 0 Å². The first-order chi connectivity index (χ1) is 2.50. The molecule has 8 heavy (non-hydrogen) atoms. The Kier molecular flexibility index (Phi) is 21.2. The quantitative estimate of drug-likeness (QED) is 0.584. The molecule has 0 saturated carbocycles. The summed E-state index contributed by atoms with van der Waals surface area (Å²) >= 11 is 1.60. The number of nitrogens with zero attached hydrogens (tertiary/aromatic N) is 1. The Morgan fingerprint density at radius 2 is 2.00 bits per heavy atom. The number of thiazole rings is 1. The summed E-state index contributed by atoms with van der Waals surface area (Å²) in [7, 11) is 0. The Labute approximate surface area is 75.3 Å². The van der Waals surface area contributed by atoms with Crippen LogP contribution in [0.2, 0.25) is 0 Å². The fraction of sp³-hybridized carbons (Fsp3) is 0. The summed E-state index contributed by atoms with van der Waals surface area (Å²) in [6.07, 6.45) is 1.77. The summed E-state index contributed by atoms with van der Waals surface area (Å²) in [6.45, 7) is 0. The number of aromatic nitrogens is 1. The van der Waals surface area contributed by atoms with Crippen LogP contribution in [-0.2, 0) is 36.5 Å². The van der Waals surface area contributed by atoms with Crippen LogP contribution in [0.3, 0.4) is 0 Å². The first kappa shape index (κ1) is 15.9. The third kappa shape index (κ3) is 6.73. The van der Waals surface area contributed by atoms with Crippen molar-refractivity contribution < 1.29 is 42.0 Å². The van der Waals surface area contributed by atoms with Gasteiger partial charge in [-0.05, 0) is 0 Å². The van der Waals surface area contributed by atoms with Crippen molar-refractivity contribution >= 4 is 11.3 Å². The fourth-order valence-corrected chi connectivity index (χ4v) is 0.527. The Bertz CT molecular complexity index is 75.8. The van der Waals surface area contributed by atoms with Crippen molar-refractivity contribution in [2.75, 3.05) is 0 Å². The molecule has 1 aromatic heterocycles. The number of rotatable bonds is 0. The minimum absolute atomic E-state index is 0. The van der Waals surface area contributed by atoms with Gasteiger partial charge in [-0.3, -0.25) is 4.98 Å². The van der Waals surface area contributed by atoms with E-state index in [0.29, 0.717) is 0 Å². The summed E-state index contributed by atoms with van der Waals surface area (Å²) in [5.41, 5.74) is 1.79. The topological polar surface area (TPSA) is 44.4 Å². The van der Waals surface area contributed by atoms with Crippen LogP contribution in [-0.4, -0.2) is 10.5 Å². The van der Waals surface area contributed by atoms with Gasteiger partial charge in [-0.1, -0.05) is 0 Å². The van der Waals surface area contributed by atoms with E-state index in [9.17, 15) is 0 Å². The van der Waals surface area contributed by atoms with E-state index in [1.165, 1.54) is 0 Å². The second-order valence-corrected chi connectivity index (χ2v) is 1.43. The van der Waals surface area contributed by atoms with Crippen LogP contribution in [0, 0.1) is 0 Å². The van der Waals surface area contributed by atoms with Gasteiger partial charge in [0.15, 0.2) is 0 Å². The molecule has 1 aromatic rings. The van der Waals surface area contributed by atoms with E-state index in [2.05, 4.69) is 4.98 Å². The molecule has 1 heterocycles. The Balaban J connectivity index is -0.0000000833. The minimum Gasteiger partial charge on any atom is -0.412 e. The number of hydrogen-bond acceptors (Lipinski definition) is 2. The molecule has 0 aliphatic carbocycles. The third-order valence-electron chi connectivity index (χ3n) is 0.347. The van der Waals surface area contributed by atoms with Gasteiger partial charge in [0.1, 0.15) is 0 Å². The SMILES string of the molecule is O.[Mn].[Zn].c1cscn1. The molecule has 1 rings (SSSR count). The minimum atomic E-state index is 0. The molecule has 2 nitrogen and oxygen atoms in total. The zero-order valence-corrected chi connectivity index (χ0v) is 9.14.